The number of carboxylic acid groups (broad SMARTS) is 2. The fourth-order valence-electron chi connectivity index (χ4n) is 6.72. The zero-order valence-electron chi connectivity index (χ0n) is 34.0. The van der Waals surface area contributed by atoms with Gasteiger partial charge in [-0.3, -0.25) is 38.4 Å². The van der Waals surface area contributed by atoms with E-state index in [1.54, 1.807) is 64.4 Å². The normalized spacial score (nSPS) is 13.3. The van der Waals surface area contributed by atoms with Crippen molar-refractivity contribution in [3.63, 3.8) is 0 Å². The molecule has 0 radical (unpaired) electrons. The van der Waals surface area contributed by atoms with Crippen molar-refractivity contribution in [2.45, 2.75) is 78.8 Å². The average Bonchev–Trinajstić information content (AvgIpc) is 3.76. The minimum Gasteiger partial charge on any atom is -0.480 e. The van der Waals surface area contributed by atoms with Gasteiger partial charge in [-0.1, -0.05) is 88.4 Å². The predicted octanol–water partition coefficient (Wildman–Crippen LogP) is 3.52. The molecule has 314 valence electrons. The molecule has 2 heterocycles. The number of carbonyl (C=O) groups is 8. The van der Waals surface area contributed by atoms with Crippen molar-refractivity contribution in [3.05, 3.63) is 107 Å². The summed E-state index contributed by atoms with van der Waals surface area (Å²) in [5.41, 5.74) is 3.41. The summed E-state index contributed by atoms with van der Waals surface area (Å²) >= 11 is 0. The Morgan fingerprint density at radius 3 is 1.15 bits per heavy atom. The summed E-state index contributed by atoms with van der Waals surface area (Å²) < 4.78 is 3.68. The van der Waals surface area contributed by atoms with Crippen LogP contribution in [0.3, 0.4) is 0 Å². The Morgan fingerprint density at radius 1 is 0.500 bits per heavy atom. The first-order chi connectivity index (χ1) is 28.4. The summed E-state index contributed by atoms with van der Waals surface area (Å²) in [5.74, 6) is -8.52. The number of rotatable bonds is 18. The molecule has 0 unspecified atom stereocenters. The van der Waals surface area contributed by atoms with E-state index in [0.717, 1.165) is 11.1 Å². The largest absolute Gasteiger partial charge is 0.480 e. The van der Waals surface area contributed by atoms with Crippen LogP contribution in [0.4, 0.5) is 0 Å². The molecule has 0 saturated carbocycles. The minimum atomic E-state index is -1.24. The molecule has 16 heteroatoms. The Balaban J connectivity index is 1.31. The summed E-state index contributed by atoms with van der Waals surface area (Å²) in [6.07, 6.45) is 3.18. The molecule has 0 fully saturated rings. The molecular formula is C44H48N6O10. The van der Waals surface area contributed by atoms with Crippen molar-refractivity contribution < 1.29 is 48.6 Å². The van der Waals surface area contributed by atoms with Gasteiger partial charge in [0.1, 0.15) is 24.2 Å². The number of carboxylic acids is 2. The third-order valence-electron chi connectivity index (χ3n) is 10.1. The second-order valence-electron chi connectivity index (χ2n) is 15.4. The number of aromatic nitrogens is 2. The van der Waals surface area contributed by atoms with Crippen LogP contribution in [-0.2, 0) is 41.9 Å². The fraction of sp³-hybridized carbons (Fsp3) is 0.318. The van der Waals surface area contributed by atoms with E-state index in [0.29, 0.717) is 34.9 Å². The Morgan fingerprint density at radius 2 is 0.833 bits per heavy atom. The van der Waals surface area contributed by atoms with E-state index in [9.17, 15) is 48.6 Å². The first kappa shape index (κ1) is 44.0. The maximum atomic E-state index is 13.6. The van der Waals surface area contributed by atoms with Crippen LogP contribution < -0.4 is 21.3 Å². The zero-order valence-corrected chi connectivity index (χ0v) is 34.0. The van der Waals surface area contributed by atoms with Crippen LogP contribution in [0.15, 0.2) is 85.2 Å². The lowest BCUT2D eigenvalue weighted by molar-refractivity contribution is -0.142. The highest BCUT2D eigenvalue weighted by molar-refractivity contribution is 6.46. The van der Waals surface area contributed by atoms with Gasteiger partial charge in [-0.25, -0.2) is 0 Å². The second kappa shape index (κ2) is 18.7. The van der Waals surface area contributed by atoms with E-state index < -0.39 is 83.1 Å². The van der Waals surface area contributed by atoms with E-state index in [-0.39, 0.29) is 11.1 Å². The number of aliphatic carboxylic acids is 2. The first-order valence-electron chi connectivity index (χ1n) is 19.4. The lowest BCUT2D eigenvalue weighted by Gasteiger charge is -2.22. The Labute approximate surface area is 345 Å². The maximum Gasteiger partial charge on any atom is 0.325 e. The molecule has 0 aliphatic heterocycles. The van der Waals surface area contributed by atoms with E-state index in [2.05, 4.69) is 21.3 Å². The quantitative estimate of drug-likeness (QED) is 0.0556. The summed E-state index contributed by atoms with van der Waals surface area (Å²) in [6.45, 7) is 9.94. The van der Waals surface area contributed by atoms with Gasteiger partial charge in [0.25, 0.3) is 23.4 Å². The lowest BCUT2D eigenvalue weighted by Crippen LogP contribution is -2.54. The maximum absolute atomic E-state index is 13.6. The predicted molar refractivity (Wildman–Crippen MR) is 221 cm³/mol. The molecular weight excluding hydrogens is 773 g/mol. The van der Waals surface area contributed by atoms with Crippen LogP contribution in [0.25, 0.3) is 21.8 Å². The van der Waals surface area contributed by atoms with Crippen molar-refractivity contribution in [3.8, 4) is 0 Å². The molecule has 60 heavy (non-hydrogen) atoms. The molecule has 0 aliphatic rings. The second-order valence-corrected chi connectivity index (χ2v) is 15.4. The molecule has 16 nitrogen and oxygen atoms in total. The zero-order chi connectivity index (χ0) is 44.0. The molecule has 3 aromatic carbocycles. The van der Waals surface area contributed by atoms with Gasteiger partial charge in [0, 0.05) is 47.3 Å². The molecule has 2 aromatic heterocycles. The Kier molecular flexibility index (Phi) is 13.7. The van der Waals surface area contributed by atoms with Gasteiger partial charge >= 0.3 is 11.9 Å². The third kappa shape index (κ3) is 9.94. The van der Waals surface area contributed by atoms with Gasteiger partial charge < -0.3 is 40.6 Å². The molecule has 0 aliphatic carbocycles. The number of fused-ring (bicyclic) bond motifs is 2. The van der Waals surface area contributed by atoms with Crippen LogP contribution in [0.1, 0.15) is 73.4 Å². The number of benzene rings is 3. The number of hydrogen-bond acceptors (Lipinski definition) is 8. The smallest absolute Gasteiger partial charge is 0.325 e. The molecule has 6 N–H and O–H groups in total. The van der Waals surface area contributed by atoms with E-state index >= 15 is 0 Å². The standard InChI is InChI=1S/C44H48N6O10/c1-23(2)35(39(53)45-25(5)43(57)58)47-41(55)37(51)31-21-49(33-13-9-7-11-29(31)33)19-27-15-17-28(18-16-27)20-50-22-32(30-12-8-10-14-34(30)50)38(52)42(56)48-36(24(3)4)40(54)46-26(6)44(59)60/h7-18,21-26,35-36H,19-20H2,1-6H3,(H,45,53)(H,46,54)(H,47,55)(H,48,56)(H,57,58)(H,59,60)/t25-,26-,35-,36-/m0/s1. The van der Waals surface area contributed by atoms with Crippen molar-refractivity contribution in [2.75, 3.05) is 0 Å². The van der Waals surface area contributed by atoms with Gasteiger partial charge in [0.15, 0.2) is 0 Å². The molecule has 0 saturated heterocycles. The average molecular weight is 821 g/mol. The molecule has 5 rings (SSSR count). The number of para-hydroxylation sites is 2. The highest BCUT2D eigenvalue weighted by Gasteiger charge is 2.32. The SMILES string of the molecule is CC(C)[C@H](NC(=O)C(=O)c1cn(Cc2ccc(Cn3cc(C(=O)C(=O)N[C@H](C(=O)N[C@@H](C)C(=O)O)C(C)C)c4ccccc43)cc2)c2ccccc12)C(=O)N[C@@H](C)C(=O)O. The van der Waals surface area contributed by atoms with E-state index in [1.165, 1.54) is 13.8 Å². The van der Waals surface area contributed by atoms with E-state index in [4.69, 9.17) is 0 Å². The van der Waals surface area contributed by atoms with Gasteiger partial charge in [0.2, 0.25) is 11.8 Å². The van der Waals surface area contributed by atoms with Gasteiger partial charge in [0.05, 0.1) is 11.1 Å². The number of nitrogens with one attached hydrogen (secondary N) is 4. The van der Waals surface area contributed by atoms with Crippen LogP contribution >= 0.6 is 0 Å². The van der Waals surface area contributed by atoms with Gasteiger partial charge in [-0.05, 0) is 48.9 Å². The highest BCUT2D eigenvalue weighted by atomic mass is 16.4. The van der Waals surface area contributed by atoms with Crippen molar-refractivity contribution >= 4 is 68.9 Å². The lowest BCUT2D eigenvalue weighted by atomic mass is 10.0. The summed E-state index contributed by atoms with van der Waals surface area (Å²) in [6, 6.07) is 17.2. The van der Waals surface area contributed by atoms with Crippen LogP contribution in [0.2, 0.25) is 0 Å². The number of ketones is 2. The third-order valence-corrected chi connectivity index (χ3v) is 10.1. The Bertz CT molecular complexity index is 2310. The van der Waals surface area contributed by atoms with E-state index in [1.807, 2.05) is 57.7 Å². The van der Waals surface area contributed by atoms with Crippen LogP contribution in [0.5, 0.6) is 0 Å². The van der Waals surface area contributed by atoms with Crippen LogP contribution in [-0.4, -0.2) is 90.6 Å². The molecule has 5 aromatic rings. The molecule has 4 amide bonds. The number of nitrogens with zero attached hydrogens (tertiary/aromatic N) is 2. The van der Waals surface area contributed by atoms with Crippen LogP contribution in [0, 0.1) is 11.8 Å². The fourth-order valence-corrected chi connectivity index (χ4v) is 6.72. The molecule has 0 bridgehead atoms. The Hall–Kier alpha value is -7.10. The summed E-state index contributed by atoms with van der Waals surface area (Å²) in [4.78, 5) is 102. The van der Waals surface area contributed by atoms with Crippen molar-refractivity contribution in [2.24, 2.45) is 11.8 Å². The topological polar surface area (TPSA) is 235 Å². The number of amides is 4. The monoisotopic (exact) mass is 820 g/mol. The minimum absolute atomic E-state index is 0.135. The van der Waals surface area contributed by atoms with Gasteiger partial charge in [-0.2, -0.15) is 0 Å². The molecule has 4 atom stereocenters. The first-order valence-corrected chi connectivity index (χ1v) is 19.4. The number of Topliss-reactive ketones (excluding diaryl/α,β-unsaturated/α-hetero) is 2. The number of carbonyl (C=O) groups excluding carboxylic acids is 6. The summed E-state index contributed by atoms with van der Waals surface area (Å²) in [5, 5.41) is 29.1. The van der Waals surface area contributed by atoms with Gasteiger partial charge in [-0.15, -0.1) is 0 Å². The van der Waals surface area contributed by atoms with Crippen molar-refractivity contribution in [1.29, 1.82) is 0 Å². The molecule has 0 spiro atoms. The summed E-state index contributed by atoms with van der Waals surface area (Å²) in [7, 11) is 0. The van der Waals surface area contributed by atoms with Crippen molar-refractivity contribution in [1.82, 2.24) is 30.4 Å². The number of hydrogen-bond donors (Lipinski definition) is 6. The highest BCUT2D eigenvalue weighted by Crippen LogP contribution is 2.26.